The van der Waals surface area contributed by atoms with E-state index in [0.29, 0.717) is 24.9 Å². The summed E-state index contributed by atoms with van der Waals surface area (Å²) in [6, 6.07) is 8.38. The van der Waals surface area contributed by atoms with Crippen LogP contribution in [0.2, 0.25) is 5.02 Å². The predicted octanol–water partition coefficient (Wildman–Crippen LogP) is 4.74. The molecule has 2 N–H and O–H groups in total. The maximum atomic E-state index is 13.0. The van der Waals surface area contributed by atoms with Crippen molar-refractivity contribution in [3.8, 4) is 0 Å². The van der Waals surface area contributed by atoms with Crippen LogP contribution in [0.1, 0.15) is 69.2 Å². The molecule has 9 heteroatoms. The molecule has 1 amide bonds. The number of ether oxygens (including phenoxy) is 1. The van der Waals surface area contributed by atoms with Crippen molar-refractivity contribution >= 4 is 34.1 Å². The average Bonchev–Trinajstić information content (AvgIpc) is 3.40. The summed E-state index contributed by atoms with van der Waals surface area (Å²) in [7, 11) is 0. The van der Waals surface area contributed by atoms with Gasteiger partial charge in [0, 0.05) is 46.4 Å². The van der Waals surface area contributed by atoms with Gasteiger partial charge < -0.3 is 15.2 Å². The normalized spacial score (nSPS) is 28.3. The number of benzene rings is 1. The highest BCUT2D eigenvalue weighted by atomic mass is 35.5. The summed E-state index contributed by atoms with van der Waals surface area (Å²) >= 11 is 6.75. The fourth-order valence-corrected chi connectivity index (χ4v) is 6.63. The number of rotatable bonds is 6. The molecule has 0 radical (unpaired) electrons. The average molecular weight is 538 g/mol. The van der Waals surface area contributed by atoms with Crippen molar-refractivity contribution in [2.75, 3.05) is 31.6 Å². The molecule has 202 valence electrons. The van der Waals surface area contributed by atoms with E-state index in [9.17, 15) is 9.90 Å². The number of pyridine rings is 1. The van der Waals surface area contributed by atoms with Gasteiger partial charge >= 0.3 is 0 Å². The third-order valence-electron chi connectivity index (χ3n) is 8.83. The van der Waals surface area contributed by atoms with Crippen LogP contribution in [0.3, 0.4) is 0 Å². The highest BCUT2D eigenvalue weighted by Crippen LogP contribution is 2.48. The van der Waals surface area contributed by atoms with Crippen molar-refractivity contribution in [1.29, 1.82) is 0 Å². The topological polar surface area (TPSA) is 92.5 Å². The summed E-state index contributed by atoms with van der Waals surface area (Å²) in [5.41, 5.74) is 1.95. The van der Waals surface area contributed by atoms with Crippen molar-refractivity contribution in [3.63, 3.8) is 0 Å². The molecule has 0 spiro atoms. The molecule has 1 aromatic carbocycles. The first kappa shape index (κ1) is 25.7. The van der Waals surface area contributed by atoms with E-state index < -0.39 is 6.10 Å². The van der Waals surface area contributed by atoms with Crippen LogP contribution >= 0.6 is 11.6 Å². The second-order valence-electron chi connectivity index (χ2n) is 11.7. The Balaban J connectivity index is 1.14. The first-order valence-electron chi connectivity index (χ1n) is 13.7. The van der Waals surface area contributed by atoms with Gasteiger partial charge in [-0.25, -0.2) is 4.98 Å². The molecule has 4 heterocycles. The Bertz CT molecular complexity index is 1350. The number of aliphatic hydroxyl groups excluding tert-OH is 1. The van der Waals surface area contributed by atoms with Crippen LogP contribution in [0.15, 0.2) is 36.7 Å². The fraction of sp³-hybridized carbons (Fsp3) is 0.552. The van der Waals surface area contributed by atoms with Gasteiger partial charge in [-0.05, 0) is 94.3 Å². The molecule has 3 aliphatic rings. The summed E-state index contributed by atoms with van der Waals surface area (Å²) < 4.78 is 7.55. The van der Waals surface area contributed by atoms with Crippen LogP contribution in [0.5, 0.6) is 0 Å². The van der Waals surface area contributed by atoms with Crippen molar-refractivity contribution < 1.29 is 14.6 Å². The van der Waals surface area contributed by atoms with Crippen molar-refractivity contribution in [1.82, 2.24) is 19.7 Å². The zero-order valence-electron chi connectivity index (χ0n) is 22.2. The van der Waals surface area contributed by atoms with E-state index in [0.717, 1.165) is 59.4 Å². The van der Waals surface area contributed by atoms with Crippen LogP contribution in [0, 0.1) is 5.92 Å². The second kappa shape index (κ2) is 9.90. The number of nitrogens with one attached hydrogen (secondary N) is 1. The van der Waals surface area contributed by atoms with E-state index in [1.165, 1.54) is 0 Å². The van der Waals surface area contributed by atoms with E-state index in [4.69, 9.17) is 16.3 Å². The lowest BCUT2D eigenvalue weighted by atomic mass is 9.85. The van der Waals surface area contributed by atoms with Gasteiger partial charge in [-0.3, -0.25) is 14.4 Å². The Morgan fingerprint density at radius 2 is 2.03 bits per heavy atom. The number of carbonyl (C=O) groups excluding carboxylic acids is 1. The quantitative estimate of drug-likeness (QED) is 0.472. The number of anilines is 1. The molecule has 38 heavy (non-hydrogen) atoms. The largest absolute Gasteiger partial charge is 0.389 e. The van der Waals surface area contributed by atoms with E-state index in [1.807, 2.05) is 29.1 Å². The standard InChI is InChI=1S/C29H36ClN5O3/c1-17(2)35-25(4-7-32-35)22-13-23(22)28(37)33-27-12-19-10-21(24(30)11-20(19)14-31-27)18-5-8-34(9-6-18)29(3)16-38-15-26(29)36/h4,7,10-12,14,17-18,22-23,26,36H,5-6,8-9,13,15-16H2,1-3H3,(H,31,33,37)/t22?,23?,26-,29+/m0/s1. The van der Waals surface area contributed by atoms with E-state index >= 15 is 0 Å². The number of aromatic nitrogens is 3. The first-order chi connectivity index (χ1) is 18.2. The van der Waals surface area contributed by atoms with E-state index in [-0.39, 0.29) is 29.3 Å². The Hall–Kier alpha value is -2.52. The molecule has 2 aromatic heterocycles. The molecule has 4 atom stereocenters. The van der Waals surface area contributed by atoms with Crippen molar-refractivity contribution in [2.45, 2.75) is 69.6 Å². The molecule has 3 aromatic rings. The molecule has 3 fully saturated rings. The number of fused-ring (bicyclic) bond motifs is 1. The van der Waals surface area contributed by atoms with Gasteiger partial charge in [-0.15, -0.1) is 0 Å². The predicted molar refractivity (Wildman–Crippen MR) is 148 cm³/mol. The molecular formula is C29H36ClN5O3. The lowest BCUT2D eigenvalue weighted by molar-refractivity contribution is -0.117. The van der Waals surface area contributed by atoms with Gasteiger partial charge in [-0.2, -0.15) is 5.10 Å². The summed E-state index contributed by atoms with van der Waals surface area (Å²) in [5, 5.41) is 20.6. The Kier molecular flexibility index (Phi) is 6.71. The third kappa shape index (κ3) is 4.62. The Labute approximate surface area is 228 Å². The smallest absolute Gasteiger partial charge is 0.229 e. The van der Waals surface area contributed by atoms with Crippen molar-refractivity contribution in [3.05, 3.63) is 52.9 Å². The van der Waals surface area contributed by atoms with Gasteiger partial charge in [0.25, 0.3) is 0 Å². The Morgan fingerprint density at radius 3 is 2.74 bits per heavy atom. The highest BCUT2D eigenvalue weighted by Gasteiger charge is 2.46. The molecule has 2 saturated heterocycles. The lowest BCUT2D eigenvalue weighted by Gasteiger charge is -2.43. The van der Waals surface area contributed by atoms with Crippen LogP contribution < -0.4 is 5.32 Å². The van der Waals surface area contributed by atoms with Gasteiger partial charge in [0.15, 0.2) is 0 Å². The minimum Gasteiger partial charge on any atom is -0.389 e. The minimum absolute atomic E-state index is 0.00601. The van der Waals surface area contributed by atoms with Gasteiger partial charge in [0.2, 0.25) is 5.91 Å². The SMILES string of the molecule is CC(C)n1nccc1C1CC1C(=O)Nc1cc2cc(C3CCN([C@]4(C)COC[C@@H]4O)CC3)c(Cl)cc2cn1. The van der Waals surface area contributed by atoms with Crippen LogP contribution in [-0.4, -0.2) is 68.6 Å². The van der Waals surface area contributed by atoms with E-state index in [1.54, 1.807) is 6.20 Å². The molecule has 2 unspecified atom stereocenters. The summed E-state index contributed by atoms with van der Waals surface area (Å²) in [5.74, 6) is 1.06. The number of nitrogens with zero attached hydrogens (tertiary/aromatic N) is 4. The number of hydrogen-bond acceptors (Lipinski definition) is 6. The number of likely N-dealkylation sites (tertiary alicyclic amines) is 1. The third-order valence-corrected chi connectivity index (χ3v) is 9.16. The van der Waals surface area contributed by atoms with Crippen molar-refractivity contribution in [2.24, 2.45) is 5.92 Å². The summed E-state index contributed by atoms with van der Waals surface area (Å²) in [6.45, 7) is 9.07. The lowest BCUT2D eigenvalue weighted by Crippen LogP contribution is -2.56. The Morgan fingerprint density at radius 1 is 1.24 bits per heavy atom. The van der Waals surface area contributed by atoms with Crippen LogP contribution in [0.4, 0.5) is 5.82 Å². The first-order valence-corrected chi connectivity index (χ1v) is 14.1. The molecule has 8 nitrogen and oxygen atoms in total. The van der Waals surface area contributed by atoms with Gasteiger partial charge in [0.1, 0.15) is 5.82 Å². The minimum atomic E-state index is -0.451. The number of aliphatic hydroxyl groups is 1. The molecular weight excluding hydrogens is 502 g/mol. The van der Waals surface area contributed by atoms with Gasteiger partial charge in [-0.1, -0.05) is 11.6 Å². The molecule has 2 aliphatic heterocycles. The molecule has 0 bridgehead atoms. The zero-order chi connectivity index (χ0) is 26.6. The van der Waals surface area contributed by atoms with Crippen LogP contribution in [0.25, 0.3) is 10.8 Å². The van der Waals surface area contributed by atoms with Crippen LogP contribution in [-0.2, 0) is 9.53 Å². The highest BCUT2D eigenvalue weighted by molar-refractivity contribution is 6.32. The number of hydrogen-bond donors (Lipinski definition) is 2. The molecule has 1 saturated carbocycles. The van der Waals surface area contributed by atoms with E-state index in [2.05, 4.69) is 47.1 Å². The number of carbonyl (C=O) groups is 1. The summed E-state index contributed by atoms with van der Waals surface area (Å²) in [6.07, 6.45) is 5.92. The monoisotopic (exact) mass is 537 g/mol. The molecule has 6 rings (SSSR count). The number of piperidine rings is 1. The zero-order valence-corrected chi connectivity index (χ0v) is 23.0. The maximum Gasteiger partial charge on any atom is 0.229 e. The van der Waals surface area contributed by atoms with Gasteiger partial charge in [0.05, 0.1) is 24.9 Å². The second-order valence-corrected chi connectivity index (χ2v) is 12.1. The maximum absolute atomic E-state index is 13.0. The number of halogens is 1. The summed E-state index contributed by atoms with van der Waals surface area (Å²) in [4.78, 5) is 19.9. The molecule has 1 aliphatic carbocycles. The number of amides is 1. The fourth-order valence-electron chi connectivity index (χ4n) is 6.30.